The first kappa shape index (κ1) is 15.7. The topological polar surface area (TPSA) is 29.5 Å². The predicted molar refractivity (Wildman–Crippen MR) is 78.8 cm³/mol. The van der Waals surface area contributed by atoms with E-state index >= 15 is 0 Å². The molecule has 0 fully saturated rings. The number of aliphatic hydroxyl groups excluding tert-OH is 1. The lowest BCUT2D eigenvalue weighted by Crippen LogP contribution is -2.13. The Morgan fingerprint density at radius 2 is 1.94 bits per heavy atom. The Bertz CT molecular complexity index is 311. The minimum Gasteiger partial charge on any atom is -0.396 e. The molecule has 0 heterocycles. The van der Waals surface area contributed by atoms with Crippen LogP contribution < -0.4 is 0 Å². The monoisotopic (exact) mass is 314 g/mol. The molecule has 0 amide bonds. The van der Waals surface area contributed by atoms with Gasteiger partial charge in [0.2, 0.25) is 0 Å². The number of aliphatic hydroxyl groups is 1. The molecule has 0 saturated carbocycles. The lowest BCUT2D eigenvalue weighted by Gasteiger charge is -2.14. The van der Waals surface area contributed by atoms with Crippen molar-refractivity contribution in [1.29, 1.82) is 0 Å². The van der Waals surface area contributed by atoms with Crippen LogP contribution in [0, 0.1) is 5.92 Å². The molecule has 18 heavy (non-hydrogen) atoms. The van der Waals surface area contributed by atoms with E-state index in [9.17, 15) is 5.11 Å². The van der Waals surface area contributed by atoms with E-state index in [1.165, 1.54) is 12.0 Å². The van der Waals surface area contributed by atoms with Gasteiger partial charge in [0.25, 0.3) is 0 Å². The molecule has 0 saturated heterocycles. The zero-order valence-corrected chi connectivity index (χ0v) is 12.7. The lowest BCUT2D eigenvalue weighted by atomic mass is 9.97. The quantitative estimate of drug-likeness (QED) is 0.702. The molecule has 0 aliphatic rings. The number of ether oxygens (including phenoxy) is 1. The van der Waals surface area contributed by atoms with Crippen molar-refractivity contribution in [3.63, 3.8) is 0 Å². The number of unbranched alkanes of at least 4 members (excludes halogenated alkanes) is 1. The van der Waals surface area contributed by atoms with Crippen LogP contribution in [0.15, 0.2) is 28.7 Å². The molecule has 2 nitrogen and oxygen atoms in total. The summed E-state index contributed by atoms with van der Waals surface area (Å²) in [5.74, 6) is 0.299. The van der Waals surface area contributed by atoms with Crippen molar-refractivity contribution in [2.75, 3.05) is 19.8 Å². The Hall–Kier alpha value is -0.380. The largest absolute Gasteiger partial charge is 0.396 e. The van der Waals surface area contributed by atoms with E-state index in [1.807, 2.05) is 12.1 Å². The van der Waals surface area contributed by atoms with Crippen LogP contribution in [0.1, 0.15) is 31.7 Å². The molecule has 0 radical (unpaired) electrons. The van der Waals surface area contributed by atoms with Gasteiger partial charge >= 0.3 is 0 Å². The van der Waals surface area contributed by atoms with Gasteiger partial charge in [-0.25, -0.2) is 0 Å². The van der Waals surface area contributed by atoms with Gasteiger partial charge in [-0.15, -0.1) is 0 Å². The van der Waals surface area contributed by atoms with Gasteiger partial charge in [0.1, 0.15) is 0 Å². The number of benzene rings is 1. The van der Waals surface area contributed by atoms with Crippen LogP contribution in [0.5, 0.6) is 0 Å². The second-order valence-corrected chi connectivity index (χ2v) is 5.55. The Balaban J connectivity index is 2.26. The lowest BCUT2D eigenvalue weighted by molar-refractivity contribution is 0.104. The predicted octanol–water partition coefficient (Wildman–Crippen LogP) is 3.81. The minimum absolute atomic E-state index is 0.229. The third-order valence-electron chi connectivity index (χ3n) is 3.01. The summed E-state index contributed by atoms with van der Waals surface area (Å²) < 4.78 is 6.64. The zero-order valence-electron chi connectivity index (χ0n) is 11.1. The van der Waals surface area contributed by atoms with Crippen LogP contribution in [0.2, 0.25) is 0 Å². The van der Waals surface area contributed by atoms with E-state index in [4.69, 9.17) is 4.74 Å². The Kier molecular flexibility index (Phi) is 8.31. The first-order chi connectivity index (χ1) is 8.76. The summed E-state index contributed by atoms with van der Waals surface area (Å²) in [6.07, 6.45) is 4.13. The maximum absolute atomic E-state index is 9.38. The Labute approximate surface area is 118 Å². The minimum atomic E-state index is 0.229. The van der Waals surface area contributed by atoms with Crippen LogP contribution in [-0.4, -0.2) is 24.9 Å². The van der Waals surface area contributed by atoms with Gasteiger partial charge in [0, 0.05) is 24.3 Å². The highest BCUT2D eigenvalue weighted by Gasteiger charge is 2.08. The van der Waals surface area contributed by atoms with Gasteiger partial charge in [0.15, 0.2) is 0 Å². The second kappa shape index (κ2) is 9.54. The van der Waals surface area contributed by atoms with Gasteiger partial charge in [-0.1, -0.05) is 41.4 Å². The summed E-state index contributed by atoms with van der Waals surface area (Å²) in [5, 5.41) is 9.38. The average molecular weight is 315 g/mol. The standard InChI is InChI=1S/C15H23BrO2/c1-2-3-9-18-10-8-14(12-17)11-13-4-6-15(16)7-5-13/h4-7,14,17H,2-3,8-12H2,1H3. The van der Waals surface area contributed by atoms with Gasteiger partial charge < -0.3 is 9.84 Å². The first-order valence-corrected chi connectivity index (χ1v) is 7.48. The van der Waals surface area contributed by atoms with Crippen molar-refractivity contribution in [3.05, 3.63) is 34.3 Å². The number of halogens is 1. The van der Waals surface area contributed by atoms with Gasteiger partial charge in [-0.3, -0.25) is 0 Å². The van der Waals surface area contributed by atoms with Crippen LogP contribution in [-0.2, 0) is 11.2 Å². The van der Waals surface area contributed by atoms with E-state index in [0.717, 1.165) is 36.9 Å². The molecular formula is C15H23BrO2. The molecule has 1 aromatic rings. The summed E-state index contributed by atoms with van der Waals surface area (Å²) in [6.45, 7) is 3.98. The zero-order chi connectivity index (χ0) is 13.2. The van der Waals surface area contributed by atoms with E-state index < -0.39 is 0 Å². The maximum Gasteiger partial charge on any atom is 0.0469 e. The Morgan fingerprint density at radius 1 is 1.22 bits per heavy atom. The summed E-state index contributed by atoms with van der Waals surface area (Å²) in [4.78, 5) is 0. The van der Waals surface area contributed by atoms with Crippen molar-refractivity contribution in [2.24, 2.45) is 5.92 Å². The third-order valence-corrected chi connectivity index (χ3v) is 3.54. The van der Waals surface area contributed by atoms with Crippen LogP contribution >= 0.6 is 15.9 Å². The van der Waals surface area contributed by atoms with E-state index in [0.29, 0.717) is 5.92 Å². The average Bonchev–Trinajstić information content (AvgIpc) is 2.39. The second-order valence-electron chi connectivity index (χ2n) is 4.63. The summed E-state index contributed by atoms with van der Waals surface area (Å²) in [7, 11) is 0. The van der Waals surface area contributed by atoms with Gasteiger partial charge in [-0.05, 0) is 42.9 Å². The summed E-state index contributed by atoms with van der Waals surface area (Å²) in [6, 6.07) is 8.29. The normalized spacial score (nSPS) is 12.6. The van der Waals surface area contributed by atoms with Crippen molar-refractivity contribution in [3.8, 4) is 0 Å². The van der Waals surface area contributed by atoms with Crippen molar-refractivity contribution >= 4 is 15.9 Å². The highest BCUT2D eigenvalue weighted by atomic mass is 79.9. The SMILES string of the molecule is CCCCOCCC(CO)Cc1ccc(Br)cc1. The molecule has 1 unspecified atom stereocenters. The Morgan fingerprint density at radius 3 is 2.56 bits per heavy atom. The van der Waals surface area contributed by atoms with E-state index in [1.54, 1.807) is 0 Å². The van der Waals surface area contributed by atoms with Gasteiger partial charge in [0.05, 0.1) is 0 Å². The molecule has 1 aromatic carbocycles. The molecule has 0 aromatic heterocycles. The number of rotatable bonds is 9. The van der Waals surface area contributed by atoms with Crippen molar-refractivity contribution < 1.29 is 9.84 Å². The smallest absolute Gasteiger partial charge is 0.0469 e. The molecular weight excluding hydrogens is 292 g/mol. The van der Waals surface area contributed by atoms with Crippen LogP contribution in [0.25, 0.3) is 0 Å². The summed E-state index contributed by atoms with van der Waals surface area (Å²) in [5.41, 5.74) is 1.27. The molecule has 0 aliphatic heterocycles. The van der Waals surface area contributed by atoms with E-state index in [2.05, 4.69) is 35.0 Å². The van der Waals surface area contributed by atoms with Crippen LogP contribution in [0.3, 0.4) is 0 Å². The van der Waals surface area contributed by atoms with Crippen LogP contribution in [0.4, 0.5) is 0 Å². The van der Waals surface area contributed by atoms with E-state index in [-0.39, 0.29) is 6.61 Å². The molecule has 1 N–H and O–H groups in total. The highest BCUT2D eigenvalue weighted by Crippen LogP contribution is 2.15. The number of hydrogen-bond acceptors (Lipinski definition) is 2. The number of hydrogen-bond donors (Lipinski definition) is 1. The molecule has 102 valence electrons. The molecule has 0 aliphatic carbocycles. The molecule has 0 spiro atoms. The fraction of sp³-hybridized carbons (Fsp3) is 0.600. The fourth-order valence-corrected chi connectivity index (χ4v) is 2.07. The molecule has 3 heteroatoms. The first-order valence-electron chi connectivity index (χ1n) is 6.69. The fourth-order valence-electron chi connectivity index (χ4n) is 1.81. The van der Waals surface area contributed by atoms with Crippen molar-refractivity contribution in [1.82, 2.24) is 0 Å². The maximum atomic E-state index is 9.38. The molecule has 1 rings (SSSR count). The van der Waals surface area contributed by atoms with Crippen molar-refractivity contribution in [2.45, 2.75) is 32.6 Å². The molecule has 0 bridgehead atoms. The third kappa shape index (κ3) is 6.53. The van der Waals surface area contributed by atoms with Gasteiger partial charge in [-0.2, -0.15) is 0 Å². The summed E-state index contributed by atoms with van der Waals surface area (Å²) >= 11 is 3.43. The highest BCUT2D eigenvalue weighted by molar-refractivity contribution is 9.10. The molecule has 1 atom stereocenters.